The van der Waals surface area contributed by atoms with Crippen molar-refractivity contribution in [3.63, 3.8) is 0 Å². The zero-order valence-electron chi connectivity index (χ0n) is 12.6. The quantitative estimate of drug-likeness (QED) is 0.565. The van der Waals surface area contributed by atoms with E-state index >= 15 is 0 Å². The lowest BCUT2D eigenvalue weighted by atomic mass is 10.2. The minimum atomic E-state index is -0.0352. The average molecular weight is 336 g/mol. The minimum Gasteiger partial charge on any atom is -0.310 e. The molecule has 3 rings (SSSR count). The van der Waals surface area contributed by atoms with Gasteiger partial charge >= 0.3 is 0 Å². The van der Waals surface area contributed by atoms with Gasteiger partial charge in [-0.25, -0.2) is 9.67 Å². The molecule has 3 aromatic rings. The zero-order chi connectivity index (χ0) is 15.7. The Balaban J connectivity index is 1.67. The van der Waals surface area contributed by atoms with Gasteiger partial charge in [-0.3, -0.25) is 4.79 Å². The smallest absolute Gasteiger partial charge is 0.259 e. The van der Waals surface area contributed by atoms with Crippen LogP contribution in [0.5, 0.6) is 0 Å². The van der Waals surface area contributed by atoms with Gasteiger partial charge in [0.1, 0.15) is 10.7 Å². The first kappa shape index (κ1) is 15.2. The lowest BCUT2D eigenvalue weighted by Gasteiger charge is -2.01. The van der Waals surface area contributed by atoms with Crippen molar-refractivity contribution in [1.29, 1.82) is 0 Å². The Bertz CT molecular complexity index is 865. The van der Waals surface area contributed by atoms with E-state index in [-0.39, 0.29) is 5.56 Å². The molecule has 0 spiro atoms. The number of tetrazole rings is 1. The number of fused-ring (bicyclic) bond motifs is 1. The van der Waals surface area contributed by atoms with E-state index in [1.165, 1.54) is 0 Å². The standard InChI is InChI=1S/C13H16N6OS2/c1-7-8(2)22-12-10(7)11(20)14-9(15-12)5-4-6-21-13-16-17-18-19(13)3/h4-6H2,1-3H3,(H,14,15,20). The fourth-order valence-corrected chi connectivity index (χ4v) is 4.00. The SMILES string of the molecule is Cc1sc2nc(CCCSc3nnnn3C)[nH]c(=O)c2c1C. The Kier molecular flexibility index (Phi) is 4.25. The molecule has 0 atom stereocenters. The summed E-state index contributed by atoms with van der Waals surface area (Å²) in [5.74, 6) is 1.62. The van der Waals surface area contributed by atoms with Crippen LogP contribution < -0.4 is 5.56 Å². The second kappa shape index (κ2) is 6.17. The number of hydrogen-bond acceptors (Lipinski definition) is 7. The van der Waals surface area contributed by atoms with Gasteiger partial charge in [0.25, 0.3) is 5.56 Å². The Morgan fingerprint density at radius 3 is 2.91 bits per heavy atom. The molecule has 0 aromatic carbocycles. The van der Waals surface area contributed by atoms with E-state index in [0.717, 1.165) is 50.2 Å². The van der Waals surface area contributed by atoms with Gasteiger partial charge in [-0.05, 0) is 36.3 Å². The first-order valence-corrected chi connectivity index (χ1v) is 8.70. The van der Waals surface area contributed by atoms with E-state index in [2.05, 4.69) is 25.5 Å². The van der Waals surface area contributed by atoms with Gasteiger partial charge in [-0.2, -0.15) is 0 Å². The fraction of sp³-hybridized carbons (Fsp3) is 0.462. The summed E-state index contributed by atoms with van der Waals surface area (Å²) in [6, 6.07) is 0. The second-order valence-corrected chi connectivity index (χ2v) is 7.28. The van der Waals surface area contributed by atoms with Crippen molar-refractivity contribution in [1.82, 2.24) is 30.2 Å². The van der Waals surface area contributed by atoms with Crippen molar-refractivity contribution >= 4 is 33.3 Å². The molecule has 7 nitrogen and oxygen atoms in total. The largest absolute Gasteiger partial charge is 0.310 e. The topological polar surface area (TPSA) is 89.3 Å². The monoisotopic (exact) mass is 336 g/mol. The third kappa shape index (κ3) is 2.91. The molecule has 22 heavy (non-hydrogen) atoms. The second-order valence-electron chi connectivity index (χ2n) is 5.01. The minimum absolute atomic E-state index is 0.0352. The molecule has 9 heteroatoms. The highest BCUT2D eigenvalue weighted by Gasteiger charge is 2.11. The summed E-state index contributed by atoms with van der Waals surface area (Å²) in [6.45, 7) is 3.99. The van der Waals surface area contributed by atoms with Crippen molar-refractivity contribution < 1.29 is 0 Å². The number of aromatic amines is 1. The maximum atomic E-state index is 12.2. The van der Waals surface area contributed by atoms with Gasteiger partial charge in [0, 0.05) is 24.1 Å². The normalized spacial score (nSPS) is 11.4. The molecule has 3 heterocycles. The molecule has 0 saturated carbocycles. The highest BCUT2D eigenvalue weighted by molar-refractivity contribution is 7.99. The van der Waals surface area contributed by atoms with Gasteiger partial charge in [-0.1, -0.05) is 11.8 Å². The molecule has 0 bridgehead atoms. The number of thiophene rings is 1. The van der Waals surface area contributed by atoms with Gasteiger partial charge in [0.15, 0.2) is 0 Å². The molecule has 0 saturated heterocycles. The Hall–Kier alpha value is -1.74. The zero-order valence-corrected chi connectivity index (χ0v) is 14.2. The summed E-state index contributed by atoms with van der Waals surface area (Å²) in [5, 5.41) is 12.8. The van der Waals surface area contributed by atoms with E-state index in [0.29, 0.717) is 0 Å². The Labute approximate surface area is 135 Å². The van der Waals surface area contributed by atoms with Crippen LogP contribution in [0.25, 0.3) is 10.2 Å². The maximum Gasteiger partial charge on any atom is 0.259 e. The van der Waals surface area contributed by atoms with E-state index in [1.54, 1.807) is 27.8 Å². The average Bonchev–Trinajstić information content (AvgIpc) is 3.00. The first-order valence-electron chi connectivity index (χ1n) is 6.90. The van der Waals surface area contributed by atoms with Crippen LogP contribution in [0.3, 0.4) is 0 Å². The van der Waals surface area contributed by atoms with E-state index in [1.807, 2.05) is 20.9 Å². The molecule has 0 amide bonds. The number of aryl methyl sites for hydroxylation is 4. The molecule has 0 aliphatic heterocycles. The van der Waals surface area contributed by atoms with Crippen molar-refractivity contribution in [2.75, 3.05) is 5.75 Å². The van der Waals surface area contributed by atoms with Crippen LogP contribution in [-0.2, 0) is 13.5 Å². The summed E-state index contributed by atoms with van der Waals surface area (Å²) in [6.07, 6.45) is 1.63. The van der Waals surface area contributed by atoms with Crippen LogP contribution in [0.15, 0.2) is 9.95 Å². The highest BCUT2D eigenvalue weighted by atomic mass is 32.2. The number of nitrogens with one attached hydrogen (secondary N) is 1. The van der Waals surface area contributed by atoms with Crippen LogP contribution in [0.4, 0.5) is 0 Å². The van der Waals surface area contributed by atoms with Crippen LogP contribution in [0.1, 0.15) is 22.7 Å². The van der Waals surface area contributed by atoms with Crippen LogP contribution >= 0.6 is 23.1 Å². The Morgan fingerprint density at radius 1 is 1.36 bits per heavy atom. The maximum absolute atomic E-state index is 12.2. The number of aromatic nitrogens is 6. The molecule has 0 aliphatic carbocycles. The van der Waals surface area contributed by atoms with Crippen molar-refractivity contribution in [2.45, 2.75) is 31.8 Å². The molecule has 116 valence electrons. The summed E-state index contributed by atoms with van der Waals surface area (Å²) in [4.78, 5) is 21.6. The predicted octanol–water partition coefficient (Wildman–Crippen LogP) is 1.85. The van der Waals surface area contributed by atoms with Gasteiger partial charge in [-0.15, -0.1) is 16.4 Å². The van der Waals surface area contributed by atoms with Crippen molar-refractivity contribution in [2.24, 2.45) is 7.05 Å². The van der Waals surface area contributed by atoms with E-state index < -0.39 is 0 Å². The van der Waals surface area contributed by atoms with Gasteiger partial charge in [0.05, 0.1) is 5.39 Å². The summed E-state index contributed by atoms with van der Waals surface area (Å²) >= 11 is 3.18. The van der Waals surface area contributed by atoms with Crippen LogP contribution in [0.2, 0.25) is 0 Å². The number of thioether (sulfide) groups is 1. The highest BCUT2D eigenvalue weighted by Crippen LogP contribution is 2.25. The van der Waals surface area contributed by atoms with Crippen molar-refractivity contribution in [3.8, 4) is 0 Å². The van der Waals surface area contributed by atoms with Crippen LogP contribution in [-0.4, -0.2) is 35.9 Å². The predicted molar refractivity (Wildman–Crippen MR) is 87.6 cm³/mol. The molecule has 3 aromatic heterocycles. The summed E-state index contributed by atoms with van der Waals surface area (Å²) in [5.41, 5.74) is 0.998. The molecule has 0 radical (unpaired) electrons. The molecular formula is C13H16N6OS2. The van der Waals surface area contributed by atoms with E-state index in [4.69, 9.17) is 0 Å². The van der Waals surface area contributed by atoms with E-state index in [9.17, 15) is 4.79 Å². The Morgan fingerprint density at radius 2 is 2.18 bits per heavy atom. The number of nitrogens with zero attached hydrogens (tertiary/aromatic N) is 5. The van der Waals surface area contributed by atoms with Crippen LogP contribution in [0, 0.1) is 13.8 Å². The lowest BCUT2D eigenvalue weighted by molar-refractivity contribution is 0.664. The first-order chi connectivity index (χ1) is 10.6. The van der Waals surface area contributed by atoms with Gasteiger partial charge < -0.3 is 4.98 Å². The van der Waals surface area contributed by atoms with Gasteiger partial charge in [0.2, 0.25) is 5.16 Å². The third-order valence-electron chi connectivity index (χ3n) is 3.46. The molecule has 0 unspecified atom stereocenters. The van der Waals surface area contributed by atoms with Crippen molar-refractivity contribution in [3.05, 3.63) is 26.6 Å². The molecular weight excluding hydrogens is 320 g/mol. The molecule has 0 aliphatic rings. The number of H-pyrrole nitrogens is 1. The molecule has 0 fully saturated rings. The lowest BCUT2D eigenvalue weighted by Crippen LogP contribution is -2.11. The number of rotatable bonds is 5. The fourth-order valence-electron chi connectivity index (χ4n) is 2.16. The summed E-state index contributed by atoms with van der Waals surface area (Å²) < 4.78 is 1.65. The number of hydrogen-bond donors (Lipinski definition) is 1. The third-order valence-corrected chi connectivity index (χ3v) is 5.66. The molecule has 1 N–H and O–H groups in total. The summed E-state index contributed by atoms with van der Waals surface area (Å²) in [7, 11) is 1.82.